The first-order valence-corrected chi connectivity index (χ1v) is 7.52. The lowest BCUT2D eigenvalue weighted by Crippen LogP contribution is -2.48. The summed E-state index contributed by atoms with van der Waals surface area (Å²) < 4.78 is 1.09. The van der Waals surface area contributed by atoms with E-state index in [0.717, 1.165) is 55.1 Å². The van der Waals surface area contributed by atoms with E-state index < -0.39 is 0 Å². The van der Waals surface area contributed by atoms with Crippen molar-refractivity contribution in [3.63, 3.8) is 0 Å². The third kappa shape index (κ3) is 4.09. The number of anilines is 2. The Morgan fingerprint density at radius 2 is 1.89 bits per heavy atom. The van der Waals surface area contributed by atoms with Gasteiger partial charge in [0.25, 0.3) is 0 Å². The molecule has 1 aliphatic heterocycles. The second kappa shape index (κ2) is 6.59. The van der Waals surface area contributed by atoms with Crippen LogP contribution in [0.2, 0.25) is 0 Å². The third-order valence-corrected chi connectivity index (χ3v) is 4.06. The number of rotatable bonds is 4. The fraction of sp³-hybridized carbons (Fsp3) is 0.571. The molecule has 5 heteroatoms. The highest BCUT2D eigenvalue weighted by molar-refractivity contribution is 9.10. The highest BCUT2D eigenvalue weighted by Crippen LogP contribution is 2.27. The van der Waals surface area contributed by atoms with Crippen LogP contribution in [-0.2, 0) is 0 Å². The molecule has 1 aromatic carbocycles. The quantitative estimate of drug-likeness (QED) is 0.854. The lowest BCUT2D eigenvalue weighted by atomic mass is 10.2. The maximum absolute atomic E-state index is 6.07. The third-order valence-electron chi connectivity index (χ3n) is 3.57. The van der Waals surface area contributed by atoms with Gasteiger partial charge in [0.05, 0.1) is 11.4 Å². The lowest BCUT2D eigenvalue weighted by Gasteiger charge is -2.37. The Labute approximate surface area is 124 Å². The summed E-state index contributed by atoms with van der Waals surface area (Å²) in [5.74, 6) is 0. The zero-order valence-electron chi connectivity index (χ0n) is 11.8. The molecule has 0 amide bonds. The Bertz CT molecular complexity index is 414. The molecule has 1 heterocycles. The predicted molar refractivity (Wildman–Crippen MR) is 85.8 cm³/mol. The van der Waals surface area contributed by atoms with Crippen LogP contribution >= 0.6 is 15.9 Å². The van der Waals surface area contributed by atoms with E-state index in [4.69, 9.17) is 5.73 Å². The largest absolute Gasteiger partial charge is 0.397 e. The van der Waals surface area contributed by atoms with Crippen molar-refractivity contribution >= 4 is 27.3 Å². The minimum atomic E-state index is 0.866. The molecule has 19 heavy (non-hydrogen) atoms. The number of benzene rings is 1. The van der Waals surface area contributed by atoms with Gasteiger partial charge in [-0.3, -0.25) is 4.90 Å². The van der Waals surface area contributed by atoms with Gasteiger partial charge in [0.15, 0.2) is 0 Å². The van der Waals surface area contributed by atoms with Crippen molar-refractivity contribution in [2.24, 2.45) is 0 Å². The van der Waals surface area contributed by atoms with Gasteiger partial charge in [0.2, 0.25) is 0 Å². The summed E-state index contributed by atoms with van der Waals surface area (Å²) in [7, 11) is 4.25. The van der Waals surface area contributed by atoms with Crippen molar-refractivity contribution in [3.05, 3.63) is 22.7 Å². The van der Waals surface area contributed by atoms with Crippen LogP contribution in [0.4, 0.5) is 11.4 Å². The molecule has 106 valence electrons. The van der Waals surface area contributed by atoms with E-state index in [0.29, 0.717) is 0 Å². The molecule has 0 aromatic heterocycles. The van der Waals surface area contributed by atoms with Crippen molar-refractivity contribution < 1.29 is 0 Å². The summed E-state index contributed by atoms with van der Waals surface area (Å²) in [6.07, 6.45) is 0. The zero-order chi connectivity index (χ0) is 13.8. The Morgan fingerprint density at radius 3 is 2.53 bits per heavy atom. The molecule has 0 unspecified atom stereocenters. The molecule has 0 spiro atoms. The van der Waals surface area contributed by atoms with E-state index >= 15 is 0 Å². The van der Waals surface area contributed by atoms with E-state index in [2.05, 4.69) is 50.8 Å². The van der Waals surface area contributed by atoms with Crippen molar-refractivity contribution in [1.82, 2.24) is 9.80 Å². The fourth-order valence-electron chi connectivity index (χ4n) is 2.34. The van der Waals surface area contributed by atoms with Crippen LogP contribution in [0.3, 0.4) is 0 Å². The maximum Gasteiger partial charge on any atom is 0.0612 e. The minimum absolute atomic E-state index is 0.866. The van der Waals surface area contributed by atoms with Crippen molar-refractivity contribution in [2.45, 2.75) is 0 Å². The second-order valence-electron chi connectivity index (χ2n) is 5.34. The minimum Gasteiger partial charge on any atom is -0.397 e. The number of nitrogens with zero attached hydrogens (tertiary/aromatic N) is 3. The molecular formula is C14H23BrN4. The van der Waals surface area contributed by atoms with Crippen molar-refractivity contribution in [2.75, 3.05) is 64.0 Å². The van der Waals surface area contributed by atoms with Gasteiger partial charge in [0, 0.05) is 43.7 Å². The van der Waals surface area contributed by atoms with Gasteiger partial charge in [-0.1, -0.05) is 15.9 Å². The molecule has 1 aliphatic rings. The summed E-state index contributed by atoms with van der Waals surface area (Å²) in [5.41, 5.74) is 8.09. The first-order chi connectivity index (χ1) is 9.06. The summed E-state index contributed by atoms with van der Waals surface area (Å²) >= 11 is 3.52. The predicted octanol–water partition coefficient (Wildman–Crippen LogP) is 1.71. The lowest BCUT2D eigenvalue weighted by molar-refractivity contribution is 0.229. The number of piperazine rings is 1. The highest BCUT2D eigenvalue weighted by Gasteiger charge is 2.18. The molecule has 0 saturated carbocycles. The molecule has 4 nitrogen and oxygen atoms in total. The number of hydrogen-bond donors (Lipinski definition) is 1. The van der Waals surface area contributed by atoms with Gasteiger partial charge in [-0.05, 0) is 32.3 Å². The Morgan fingerprint density at radius 1 is 1.21 bits per heavy atom. The van der Waals surface area contributed by atoms with E-state index in [1.54, 1.807) is 0 Å². The second-order valence-corrected chi connectivity index (χ2v) is 6.25. The monoisotopic (exact) mass is 326 g/mol. The molecule has 0 bridgehead atoms. The topological polar surface area (TPSA) is 35.7 Å². The molecule has 0 aliphatic carbocycles. The van der Waals surface area contributed by atoms with Crippen molar-refractivity contribution in [3.8, 4) is 0 Å². The maximum atomic E-state index is 6.07. The van der Waals surface area contributed by atoms with Gasteiger partial charge in [-0.15, -0.1) is 0 Å². The number of halogens is 1. The van der Waals surface area contributed by atoms with E-state index in [9.17, 15) is 0 Å². The molecule has 0 atom stereocenters. The van der Waals surface area contributed by atoms with Crippen LogP contribution in [0.25, 0.3) is 0 Å². The van der Waals surface area contributed by atoms with Gasteiger partial charge >= 0.3 is 0 Å². The fourth-order valence-corrected chi connectivity index (χ4v) is 2.69. The average molecular weight is 327 g/mol. The molecule has 1 fully saturated rings. The van der Waals surface area contributed by atoms with E-state index in [1.165, 1.54) is 0 Å². The summed E-state index contributed by atoms with van der Waals surface area (Å²) in [5, 5.41) is 0. The van der Waals surface area contributed by atoms with Crippen LogP contribution in [-0.4, -0.2) is 63.2 Å². The first-order valence-electron chi connectivity index (χ1n) is 6.73. The SMILES string of the molecule is CN(C)CCN1CCN(c2cc(Br)ccc2N)CC1. The number of nitrogens with two attached hydrogens (primary N) is 1. The number of hydrogen-bond acceptors (Lipinski definition) is 4. The van der Waals surface area contributed by atoms with Crippen LogP contribution in [0.15, 0.2) is 22.7 Å². The van der Waals surface area contributed by atoms with E-state index in [-0.39, 0.29) is 0 Å². The van der Waals surface area contributed by atoms with Crippen LogP contribution in [0.5, 0.6) is 0 Å². The summed E-state index contributed by atoms with van der Waals surface area (Å²) in [6, 6.07) is 6.08. The number of likely N-dealkylation sites (N-methyl/N-ethyl adjacent to an activating group) is 1. The average Bonchev–Trinajstić information content (AvgIpc) is 2.40. The smallest absolute Gasteiger partial charge is 0.0612 e. The molecule has 1 aromatic rings. The van der Waals surface area contributed by atoms with Gasteiger partial charge < -0.3 is 15.5 Å². The van der Waals surface area contributed by atoms with E-state index in [1.807, 2.05) is 12.1 Å². The van der Waals surface area contributed by atoms with Crippen LogP contribution in [0, 0.1) is 0 Å². The molecule has 1 saturated heterocycles. The van der Waals surface area contributed by atoms with Crippen LogP contribution < -0.4 is 10.6 Å². The molecule has 0 radical (unpaired) electrons. The first kappa shape index (κ1) is 14.6. The molecule has 2 rings (SSSR count). The van der Waals surface area contributed by atoms with Crippen molar-refractivity contribution in [1.29, 1.82) is 0 Å². The van der Waals surface area contributed by atoms with Crippen LogP contribution in [0.1, 0.15) is 0 Å². The molecular weight excluding hydrogens is 304 g/mol. The van der Waals surface area contributed by atoms with Gasteiger partial charge in [-0.2, -0.15) is 0 Å². The van der Waals surface area contributed by atoms with Gasteiger partial charge in [0.1, 0.15) is 0 Å². The van der Waals surface area contributed by atoms with Gasteiger partial charge in [-0.25, -0.2) is 0 Å². The highest BCUT2D eigenvalue weighted by atomic mass is 79.9. The Hall–Kier alpha value is -0.780. The Balaban J connectivity index is 1.90. The molecule has 2 N–H and O–H groups in total. The number of nitrogen functional groups attached to an aromatic ring is 1. The zero-order valence-corrected chi connectivity index (χ0v) is 13.4. The normalized spacial score (nSPS) is 17.2. The summed E-state index contributed by atoms with van der Waals surface area (Å²) in [4.78, 5) is 7.13. The Kier molecular flexibility index (Phi) is 5.07. The summed E-state index contributed by atoms with van der Waals surface area (Å²) in [6.45, 7) is 6.59. The standard InChI is InChI=1S/C14H23BrN4/c1-17(2)5-6-18-7-9-19(10-8-18)14-11-12(15)3-4-13(14)16/h3-4,11H,5-10,16H2,1-2H3.